The van der Waals surface area contributed by atoms with Gasteiger partial charge in [0.05, 0.1) is 6.54 Å². The Morgan fingerprint density at radius 2 is 1.50 bits per heavy atom. The Hall–Kier alpha value is -0.440. The van der Waals surface area contributed by atoms with Gasteiger partial charge in [-0.25, -0.2) is 0 Å². The summed E-state index contributed by atoms with van der Waals surface area (Å²) in [5.41, 5.74) is 5.32. The highest BCUT2D eigenvalue weighted by atomic mass is 32.1. The van der Waals surface area contributed by atoms with Gasteiger partial charge in [0.15, 0.2) is 0 Å². The number of carbonyl (C=O) groups excluding carboxylic acids is 2. The molecular weight excluding hydrogens is 224 g/mol. The molecule has 0 spiro atoms. The van der Waals surface area contributed by atoms with Crippen LogP contribution in [0.4, 0.5) is 0 Å². The highest BCUT2D eigenvalue weighted by Gasteiger charge is 2.21. The standard InChI is InChI=1S/C6H14N4O2S2/c1-5(11)9(13)8(4-3-7)10(14)6(2)12/h13-14H,3-4,7H2,1-2H3. The zero-order chi connectivity index (χ0) is 11.3. The molecule has 82 valence electrons. The topological polar surface area (TPSA) is 69.9 Å². The largest absolute Gasteiger partial charge is 0.329 e. The zero-order valence-electron chi connectivity index (χ0n) is 8.04. The molecule has 0 aliphatic heterocycles. The number of thiol groups is 2. The molecule has 2 N–H and O–H groups in total. The van der Waals surface area contributed by atoms with Gasteiger partial charge in [0.2, 0.25) is 11.8 Å². The van der Waals surface area contributed by atoms with Crippen molar-refractivity contribution in [3.8, 4) is 0 Å². The minimum atomic E-state index is -0.331. The summed E-state index contributed by atoms with van der Waals surface area (Å²) in [6.45, 7) is 3.18. The van der Waals surface area contributed by atoms with Gasteiger partial charge < -0.3 is 5.73 Å². The van der Waals surface area contributed by atoms with Crippen molar-refractivity contribution >= 4 is 37.4 Å². The maximum atomic E-state index is 11.0. The number of nitrogens with zero attached hydrogens (tertiary/aromatic N) is 3. The van der Waals surface area contributed by atoms with Crippen molar-refractivity contribution in [3.05, 3.63) is 0 Å². The summed E-state index contributed by atoms with van der Waals surface area (Å²) in [5.74, 6) is -0.663. The Labute approximate surface area is 94.0 Å². The van der Waals surface area contributed by atoms with Crippen molar-refractivity contribution in [3.63, 3.8) is 0 Å². The number of carbonyl (C=O) groups is 2. The molecule has 0 fully saturated rings. The quantitative estimate of drug-likeness (QED) is 0.455. The first-order valence-electron chi connectivity index (χ1n) is 3.88. The molecule has 2 amide bonds. The Bertz CT molecular complexity index is 206. The first kappa shape index (κ1) is 13.6. The summed E-state index contributed by atoms with van der Waals surface area (Å²) >= 11 is 7.80. The lowest BCUT2D eigenvalue weighted by molar-refractivity contribution is -0.156. The van der Waals surface area contributed by atoms with E-state index < -0.39 is 0 Å². The van der Waals surface area contributed by atoms with Gasteiger partial charge >= 0.3 is 0 Å². The lowest BCUT2D eigenvalue weighted by Gasteiger charge is -2.34. The summed E-state index contributed by atoms with van der Waals surface area (Å²) in [6, 6.07) is 0. The Balaban J connectivity index is 4.57. The van der Waals surface area contributed by atoms with Crippen LogP contribution in [-0.2, 0) is 9.59 Å². The highest BCUT2D eigenvalue weighted by molar-refractivity contribution is 7.79. The van der Waals surface area contributed by atoms with Crippen LogP contribution in [0.2, 0.25) is 0 Å². The van der Waals surface area contributed by atoms with Crippen molar-refractivity contribution < 1.29 is 9.59 Å². The van der Waals surface area contributed by atoms with Crippen LogP contribution in [0, 0.1) is 0 Å². The number of hydrogen-bond donors (Lipinski definition) is 3. The minimum absolute atomic E-state index is 0.270. The molecule has 6 nitrogen and oxygen atoms in total. The van der Waals surface area contributed by atoms with Crippen molar-refractivity contribution in [2.45, 2.75) is 13.8 Å². The molecule has 0 aliphatic carbocycles. The average Bonchev–Trinajstić information content (AvgIpc) is 2.11. The smallest absolute Gasteiger partial charge is 0.245 e. The van der Waals surface area contributed by atoms with Gasteiger partial charge in [-0.3, -0.25) is 9.59 Å². The summed E-state index contributed by atoms with van der Waals surface area (Å²) < 4.78 is 1.95. The molecule has 0 bridgehead atoms. The second-order valence-corrected chi connectivity index (χ2v) is 3.26. The van der Waals surface area contributed by atoms with Crippen LogP contribution in [0.25, 0.3) is 0 Å². The van der Waals surface area contributed by atoms with Crippen LogP contribution in [0.5, 0.6) is 0 Å². The molecule has 14 heavy (non-hydrogen) atoms. The van der Waals surface area contributed by atoms with Gasteiger partial charge in [0, 0.05) is 20.4 Å². The van der Waals surface area contributed by atoms with E-state index in [4.69, 9.17) is 5.73 Å². The molecule has 0 aromatic heterocycles. The Morgan fingerprint density at radius 3 is 1.71 bits per heavy atom. The van der Waals surface area contributed by atoms with E-state index in [1.165, 1.54) is 19.0 Å². The molecule has 0 rings (SSSR count). The van der Waals surface area contributed by atoms with Gasteiger partial charge in [-0.2, -0.15) is 8.83 Å². The normalized spacial score (nSPS) is 10.1. The summed E-state index contributed by atoms with van der Waals surface area (Å²) in [5, 5.41) is 1.23. The molecular formula is C6H14N4O2S2. The predicted octanol–water partition coefficient (Wildman–Crippen LogP) is -0.536. The van der Waals surface area contributed by atoms with Crippen LogP contribution in [-0.4, -0.2) is 38.9 Å². The van der Waals surface area contributed by atoms with Gasteiger partial charge in [-0.05, 0) is 25.6 Å². The van der Waals surface area contributed by atoms with Crippen LogP contribution in [0.15, 0.2) is 0 Å². The summed E-state index contributed by atoms with van der Waals surface area (Å²) in [4.78, 5) is 22.0. The molecule has 0 heterocycles. The molecule has 0 aromatic carbocycles. The SMILES string of the molecule is CC(=O)N(S)N(CCN)N(S)C(C)=O. The number of nitrogens with two attached hydrogens (primary N) is 1. The van der Waals surface area contributed by atoms with Crippen LogP contribution < -0.4 is 5.73 Å². The second-order valence-electron chi connectivity index (χ2n) is 2.50. The van der Waals surface area contributed by atoms with Gasteiger partial charge in [0.1, 0.15) is 0 Å². The van der Waals surface area contributed by atoms with Crippen LogP contribution in [0.1, 0.15) is 13.8 Å². The second kappa shape index (κ2) is 6.12. The fourth-order valence-electron chi connectivity index (χ4n) is 0.710. The van der Waals surface area contributed by atoms with E-state index in [-0.39, 0.29) is 24.9 Å². The van der Waals surface area contributed by atoms with E-state index >= 15 is 0 Å². The van der Waals surface area contributed by atoms with E-state index in [0.29, 0.717) is 0 Å². The van der Waals surface area contributed by atoms with Crippen LogP contribution >= 0.6 is 25.6 Å². The molecule has 0 saturated heterocycles. The first-order valence-corrected chi connectivity index (χ1v) is 4.68. The lowest BCUT2D eigenvalue weighted by atomic mass is 10.6. The lowest BCUT2D eigenvalue weighted by Crippen LogP contribution is -2.50. The van der Waals surface area contributed by atoms with Crippen molar-refractivity contribution in [2.75, 3.05) is 13.1 Å². The molecule has 0 aromatic rings. The van der Waals surface area contributed by atoms with E-state index in [1.807, 2.05) is 0 Å². The average molecular weight is 238 g/mol. The zero-order valence-corrected chi connectivity index (χ0v) is 9.83. The van der Waals surface area contributed by atoms with Gasteiger partial charge in [0.25, 0.3) is 0 Å². The molecule has 0 unspecified atom stereocenters. The van der Waals surface area contributed by atoms with Gasteiger partial charge in [-0.1, -0.05) is 0 Å². The highest BCUT2D eigenvalue weighted by Crippen LogP contribution is 2.09. The molecule has 8 heteroatoms. The molecule has 0 atom stereocenters. The molecule has 0 saturated carbocycles. The molecule has 0 radical (unpaired) electrons. The van der Waals surface area contributed by atoms with E-state index in [0.717, 1.165) is 8.83 Å². The van der Waals surface area contributed by atoms with E-state index in [9.17, 15) is 9.59 Å². The maximum absolute atomic E-state index is 11.0. The summed E-state index contributed by atoms with van der Waals surface area (Å²) in [7, 11) is 0. The minimum Gasteiger partial charge on any atom is -0.329 e. The van der Waals surface area contributed by atoms with Crippen molar-refractivity contribution in [2.24, 2.45) is 5.73 Å². The van der Waals surface area contributed by atoms with Gasteiger partial charge in [-0.15, -0.1) is 5.12 Å². The fraction of sp³-hybridized carbons (Fsp3) is 0.667. The summed E-state index contributed by atoms with van der Waals surface area (Å²) in [6.07, 6.45) is 0. The van der Waals surface area contributed by atoms with E-state index in [1.54, 1.807) is 0 Å². The Kier molecular flexibility index (Phi) is 5.93. The maximum Gasteiger partial charge on any atom is 0.245 e. The van der Waals surface area contributed by atoms with Crippen LogP contribution in [0.3, 0.4) is 0 Å². The third-order valence-electron chi connectivity index (χ3n) is 1.33. The number of hydrogen-bond acceptors (Lipinski definition) is 6. The third-order valence-corrected chi connectivity index (χ3v) is 2.31. The predicted molar refractivity (Wildman–Crippen MR) is 58.8 cm³/mol. The van der Waals surface area contributed by atoms with Crippen molar-refractivity contribution in [1.82, 2.24) is 13.9 Å². The number of amides is 2. The number of hydrazine groups is 2. The number of rotatable bonds is 4. The first-order chi connectivity index (χ1) is 6.41. The van der Waals surface area contributed by atoms with Crippen molar-refractivity contribution in [1.29, 1.82) is 0 Å². The fourth-order valence-corrected chi connectivity index (χ4v) is 1.11. The monoisotopic (exact) mass is 238 g/mol. The van der Waals surface area contributed by atoms with E-state index in [2.05, 4.69) is 25.6 Å². The third kappa shape index (κ3) is 3.74. The molecule has 0 aliphatic rings. The Morgan fingerprint density at radius 1 is 1.14 bits per heavy atom.